The van der Waals surface area contributed by atoms with E-state index in [4.69, 9.17) is 80.5 Å². The highest BCUT2D eigenvalue weighted by molar-refractivity contribution is 5.03. The predicted octanol–water partition coefficient (Wildman–Crippen LogP) is -16.7. The molecule has 9 fully saturated rings. The first-order chi connectivity index (χ1) is 43.6. The van der Waals surface area contributed by atoms with Gasteiger partial charge in [-0.05, 0) is 13.8 Å². The molecule has 9 aliphatic rings. The molecular weight excluding hydrogens is 1270 g/mol. The van der Waals surface area contributed by atoms with Crippen LogP contribution < -0.4 is 0 Å². The number of aliphatic hydroxyl groups excluding tert-OH is 24. The molecule has 0 radical (unpaired) electrons. The summed E-state index contributed by atoms with van der Waals surface area (Å²) in [5, 5.41) is 260. The van der Waals surface area contributed by atoms with E-state index in [-0.39, 0.29) is 6.61 Å². The molecular formula is C51H86O41. The van der Waals surface area contributed by atoms with Crippen LogP contribution in [-0.4, -0.2) is 427 Å². The molecule has 41 heteroatoms. The lowest BCUT2D eigenvalue weighted by Gasteiger charge is -2.51. The third-order valence-corrected chi connectivity index (χ3v) is 17.5. The van der Waals surface area contributed by atoms with E-state index in [9.17, 15) is 123 Å². The number of rotatable bonds is 22. The van der Waals surface area contributed by atoms with Gasteiger partial charge in [0.2, 0.25) is 5.79 Å². The molecule has 0 aromatic heterocycles. The lowest BCUT2D eigenvalue weighted by atomic mass is 9.95. The molecule has 24 N–H and O–H groups in total. The fourth-order valence-electron chi connectivity index (χ4n) is 12.3. The zero-order chi connectivity index (χ0) is 67.3. The molecule has 9 saturated heterocycles. The van der Waals surface area contributed by atoms with Gasteiger partial charge < -0.3 is 203 Å². The normalized spacial score (nSPS) is 53.4. The Morgan fingerprint density at radius 3 is 0.837 bits per heavy atom. The van der Waals surface area contributed by atoms with Crippen molar-refractivity contribution in [2.75, 3.05) is 59.5 Å². The van der Waals surface area contributed by atoms with Crippen LogP contribution in [0.5, 0.6) is 0 Å². The second-order valence-electron chi connectivity index (χ2n) is 24.0. The van der Waals surface area contributed by atoms with E-state index in [1.54, 1.807) is 13.8 Å². The average Bonchev–Trinajstić information content (AvgIpc) is 1.22. The molecule has 0 aromatic carbocycles. The lowest BCUT2D eigenvalue weighted by molar-refractivity contribution is -0.407. The Balaban J connectivity index is 0.778. The zero-order valence-corrected chi connectivity index (χ0v) is 49.0. The Morgan fingerprint density at radius 1 is 0.304 bits per heavy atom. The fraction of sp³-hybridized carbons (Fsp3) is 1.00. The number of hydrogen-bond acceptors (Lipinski definition) is 41. The highest BCUT2D eigenvalue weighted by Gasteiger charge is 2.62. The number of hydrogen-bond donors (Lipinski definition) is 24. The second kappa shape index (κ2) is 30.9. The quantitative estimate of drug-likeness (QED) is 0.0479. The first kappa shape index (κ1) is 74.6. The maximum Gasteiger partial charge on any atom is 0.224 e. The number of aliphatic hydroxyl groups is 24. The molecule has 41 nitrogen and oxygen atoms in total. The number of fused-ring (bicyclic) bond motifs is 1. The van der Waals surface area contributed by atoms with Gasteiger partial charge in [-0.25, -0.2) is 0 Å². The van der Waals surface area contributed by atoms with Crippen molar-refractivity contribution in [2.24, 2.45) is 0 Å². The van der Waals surface area contributed by atoms with E-state index in [1.807, 2.05) is 0 Å². The largest absolute Gasteiger partial charge is 0.394 e. The van der Waals surface area contributed by atoms with Gasteiger partial charge in [-0.1, -0.05) is 0 Å². The van der Waals surface area contributed by atoms with Crippen molar-refractivity contribution in [1.29, 1.82) is 0 Å². The molecule has 9 rings (SSSR count). The van der Waals surface area contributed by atoms with Gasteiger partial charge in [0, 0.05) is 0 Å². The summed E-state index contributed by atoms with van der Waals surface area (Å²) in [6.07, 6.45) is -72.5. The minimum absolute atomic E-state index is 0.108. The van der Waals surface area contributed by atoms with E-state index in [2.05, 4.69) is 0 Å². The third-order valence-electron chi connectivity index (χ3n) is 17.5. The zero-order valence-electron chi connectivity index (χ0n) is 49.0. The van der Waals surface area contributed by atoms with Crippen LogP contribution in [0.1, 0.15) is 13.8 Å². The lowest BCUT2D eigenvalue weighted by Crippen LogP contribution is -2.68. The summed E-state index contributed by atoms with van der Waals surface area (Å²) in [6.45, 7) is -5.25. The van der Waals surface area contributed by atoms with Gasteiger partial charge in [0.25, 0.3) is 0 Å². The molecule has 0 saturated carbocycles. The van der Waals surface area contributed by atoms with Crippen LogP contribution in [0.25, 0.3) is 0 Å². The molecule has 9 aliphatic heterocycles. The van der Waals surface area contributed by atoms with Crippen LogP contribution >= 0.6 is 0 Å². The van der Waals surface area contributed by atoms with Crippen molar-refractivity contribution in [3.05, 3.63) is 0 Å². The summed E-state index contributed by atoms with van der Waals surface area (Å²) < 4.78 is 96.0. The van der Waals surface area contributed by atoms with Crippen molar-refractivity contribution in [3.8, 4) is 0 Å². The molecule has 536 valence electrons. The second-order valence-corrected chi connectivity index (χ2v) is 24.0. The molecule has 0 aromatic rings. The van der Waals surface area contributed by atoms with E-state index in [0.717, 1.165) is 0 Å². The first-order valence-corrected chi connectivity index (χ1v) is 29.5. The minimum Gasteiger partial charge on any atom is -0.394 e. The van der Waals surface area contributed by atoms with Gasteiger partial charge in [-0.3, -0.25) is 0 Å². The average molecular weight is 1360 g/mol. The number of ether oxygens (including phenoxy) is 17. The summed E-state index contributed by atoms with van der Waals surface area (Å²) in [6, 6.07) is 0. The van der Waals surface area contributed by atoms with Gasteiger partial charge in [0.1, 0.15) is 196 Å². The highest BCUT2D eigenvalue weighted by atomic mass is 16.8. The summed E-state index contributed by atoms with van der Waals surface area (Å²) in [5.74, 6) is -3.66. The first-order valence-electron chi connectivity index (χ1n) is 29.5. The van der Waals surface area contributed by atoms with Gasteiger partial charge in [0.05, 0.1) is 52.9 Å². The van der Waals surface area contributed by atoms with Crippen molar-refractivity contribution in [1.82, 2.24) is 0 Å². The van der Waals surface area contributed by atoms with Crippen LogP contribution in [0.2, 0.25) is 0 Å². The van der Waals surface area contributed by atoms with Crippen LogP contribution in [-0.2, 0) is 80.5 Å². The van der Waals surface area contributed by atoms with Crippen LogP contribution in [0, 0.1) is 0 Å². The van der Waals surface area contributed by atoms with Crippen molar-refractivity contribution in [3.63, 3.8) is 0 Å². The Hall–Kier alpha value is -1.64. The topological polar surface area (TPSA) is 642 Å². The van der Waals surface area contributed by atoms with E-state index in [0.29, 0.717) is 0 Å². The summed E-state index contributed by atoms with van der Waals surface area (Å²) in [5.41, 5.74) is 0. The highest BCUT2D eigenvalue weighted by Crippen LogP contribution is 2.41. The van der Waals surface area contributed by atoms with Gasteiger partial charge >= 0.3 is 0 Å². The molecule has 0 amide bonds. The Bertz CT molecular complexity index is 2280. The SMILES string of the molecule is CC1(C)OC[C@H]2O[C@H](O[C@H]3[C@H](O)[C@@H](O)[C@@H](O[C@H]4[C@H](O)[C@@H](O)[C@@H](O[C@H]5[C@H](O)[C@@H](O)[C@@H](O[C@H]6[C@H](O)[C@@H](O)[C@@H](O[C@H]7[C@H](O)[C@@H](O)[C@@H](O[C@H]8[C@H](O)[C@@H](O)[C@@H](O[C@]9(CO)O[C@H](CO)[C@@H](O)[C@@H]9O)O[C@@H]8CO)O[C@@H]7CO)O[C@@H]6CO)O[C@@H]5CO)O[C@@H]4CO)O[C@@H]3CO)[C@H](O)[C@@H](O)[C@@H]2O1. The predicted molar refractivity (Wildman–Crippen MR) is 276 cm³/mol. The summed E-state index contributed by atoms with van der Waals surface area (Å²) in [7, 11) is 0. The van der Waals surface area contributed by atoms with Gasteiger partial charge in [-0.15, -0.1) is 0 Å². The standard InChI is InChI=1S/C51H86O41/c1-50(2)76-10-19-41(91-50)27(67)33(73)48(83-19)89-39-17(8-57)81-46(32(72)25(39)65)87-37-15(6-55)79-44(30(70)23(37)63)85-35-13(4-53)77-43(28(68)21(35)61)84-36-14(5-54)78-45(29(69)22(36)62)86-38-16(7-56)80-47(31(71)24(38)64)88-40-18(9-58)82-49(34(74)26(40)66)92-51(11-59)42(75)20(60)12(3-52)90-51/h12-49,52-75H,3-11H2,1-2H3/t12-,13-,14-,15-,16-,17-,18-,19-,20-,21-,22-,23-,24-,25-,26-,27-,28-,29-,30-,31-,32-,33-,34-,35-,36-,37-,38-,39-,40-,41-,42+,43-,44-,45-,46-,47-,48-,49-,51+/m1/s1. The van der Waals surface area contributed by atoms with Gasteiger partial charge in [-0.2, -0.15) is 0 Å². The molecule has 92 heavy (non-hydrogen) atoms. The summed E-state index contributed by atoms with van der Waals surface area (Å²) in [4.78, 5) is 0. The molecule has 0 unspecified atom stereocenters. The van der Waals surface area contributed by atoms with Gasteiger partial charge in [0.15, 0.2) is 49.8 Å². The van der Waals surface area contributed by atoms with Crippen LogP contribution in [0.4, 0.5) is 0 Å². The maximum absolute atomic E-state index is 11.4. The van der Waals surface area contributed by atoms with Crippen molar-refractivity contribution in [2.45, 2.75) is 259 Å². The maximum atomic E-state index is 11.4. The Kier molecular flexibility index (Phi) is 25.0. The summed E-state index contributed by atoms with van der Waals surface area (Å²) >= 11 is 0. The van der Waals surface area contributed by atoms with Crippen LogP contribution in [0.15, 0.2) is 0 Å². The van der Waals surface area contributed by atoms with E-state index < -0.39 is 298 Å². The molecule has 39 atom stereocenters. The Morgan fingerprint density at radius 2 is 0.565 bits per heavy atom. The Labute approximate surface area is 520 Å². The van der Waals surface area contributed by atoms with Crippen molar-refractivity contribution >= 4 is 0 Å². The van der Waals surface area contributed by atoms with Crippen LogP contribution in [0.3, 0.4) is 0 Å². The van der Waals surface area contributed by atoms with E-state index in [1.165, 1.54) is 0 Å². The monoisotopic (exact) mass is 1350 g/mol. The smallest absolute Gasteiger partial charge is 0.224 e. The molecule has 9 heterocycles. The van der Waals surface area contributed by atoms with E-state index >= 15 is 0 Å². The minimum atomic E-state index is -2.53. The third kappa shape index (κ3) is 14.7. The van der Waals surface area contributed by atoms with Crippen molar-refractivity contribution < 1.29 is 203 Å². The molecule has 0 spiro atoms. The molecule has 0 bridgehead atoms. The fourth-order valence-corrected chi connectivity index (χ4v) is 12.3. The molecule has 0 aliphatic carbocycles.